The second-order valence-electron chi connectivity index (χ2n) is 3.06. The lowest BCUT2D eigenvalue weighted by atomic mass is 10.3. The van der Waals surface area contributed by atoms with E-state index in [0.717, 1.165) is 25.3 Å². The Hall–Kier alpha value is -0.800. The van der Waals surface area contributed by atoms with E-state index in [1.165, 1.54) is 0 Å². The van der Waals surface area contributed by atoms with Crippen molar-refractivity contribution in [2.45, 2.75) is 13.3 Å². The quantitative estimate of drug-likeness (QED) is 0.813. The standard InChI is InChI=1S/C10H16ClN3/c1-2-14(7-3-6-12)10-5-4-9(11)8-13-10/h4-5,8H,2-3,6-7,12H2,1H3. The molecule has 0 aliphatic heterocycles. The van der Waals surface area contributed by atoms with Gasteiger partial charge in [0.15, 0.2) is 0 Å². The monoisotopic (exact) mass is 213 g/mol. The van der Waals surface area contributed by atoms with Gasteiger partial charge in [-0.25, -0.2) is 4.98 Å². The average molecular weight is 214 g/mol. The molecule has 0 saturated heterocycles. The Kier molecular flexibility index (Phi) is 4.70. The minimum atomic E-state index is 0.670. The van der Waals surface area contributed by atoms with Crippen LogP contribution in [0.15, 0.2) is 18.3 Å². The number of hydrogen-bond donors (Lipinski definition) is 1. The van der Waals surface area contributed by atoms with Gasteiger partial charge in [-0.2, -0.15) is 0 Å². The third-order valence-electron chi connectivity index (χ3n) is 2.05. The molecule has 0 spiro atoms. The zero-order valence-electron chi connectivity index (χ0n) is 8.41. The molecule has 1 heterocycles. The van der Waals surface area contributed by atoms with Crippen molar-refractivity contribution < 1.29 is 0 Å². The second-order valence-corrected chi connectivity index (χ2v) is 3.49. The molecule has 2 N–H and O–H groups in total. The summed E-state index contributed by atoms with van der Waals surface area (Å²) in [6.45, 7) is 4.70. The third-order valence-corrected chi connectivity index (χ3v) is 2.27. The summed E-state index contributed by atoms with van der Waals surface area (Å²) in [5.74, 6) is 0.963. The Morgan fingerprint density at radius 1 is 1.50 bits per heavy atom. The van der Waals surface area contributed by atoms with E-state index in [0.29, 0.717) is 11.6 Å². The molecule has 14 heavy (non-hydrogen) atoms. The largest absolute Gasteiger partial charge is 0.357 e. The van der Waals surface area contributed by atoms with Crippen LogP contribution < -0.4 is 10.6 Å². The third kappa shape index (κ3) is 3.16. The topological polar surface area (TPSA) is 42.1 Å². The first kappa shape index (κ1) is 11.3. The van der Waals surface area contributed by atoms with Gasteiger partial charge in [-0.05, 0) is 32.0 Å². The van der Waals surface area contributed by atoms with Crippen molar-refractivity contribution in [3.8, 4) is 0 Å². The number of nitrogens with two attached hydrogens (primary N) is 1. The number of pyridine rings is 1. The Morgan fingerprint density at radius 2 is 2.29 bits per heavy atom. The number of rotatable bonds is 5. The molecule has 3 nitrogen and oxygen atoms in total. The number of aromatic nitrogens is 1. The van der Waals surface area contributed by atoms with Crippen LogP contribution in [0.4, 0.5) is 5.82 Å². The Balaban J connectivity index is 2.64. The van der Waals surface area contributed by atoms with Crippen LogP contribution in [0.3, 0.4) is 0 Å². The Bertz CT molecular complexity index is 261. The van der Waals surface area contributed by atoms with Gasteiger partial charge in [-0.1, -0.05) is 11.6 Å². The highest BCUT2D eigenvalue weighted by molar-refractivity contribution is 6.30. The summed E-state index contributed by atoms with van der Waals surface area (Å²) in [7, 11) is 0. The van der Waals surface area contributed by atoms with Crippen LogP contribution in [0.2, 0.25) is 5.02 Å². The number of anilines is 1. The molecule has 0 amide bonds. The van der Waals surface area contributed by atoms with E-state index < -0.39 is 0 Å². The molecule has 0 unspecified atom stereocenters. The SMILES string of the molecule is CCN(CCCN)c1ccc(Cl)cn1. The van der Waals surface area contributed by atoms with Gasteiger partial charge in [0.2, 0.25) is 0 Å². The van der Waals surface area contributed by atoms with Crippen LogP contribution in [0.1, 0.15) is 13.3 Å². The molecule has 0 fully saturated rings. The smallest absolute Gasteiger partial charge is 0.128 e. The van der Waals surface area contributed by atoms with Gasteiger partial charge in [0.25, 0.3) is 0 Å². The highest BCUT2D eigenvalue weighted by Gasteiger charge is 2.03. The zero-order chi connectivity index (χ0) is 10.4. The highest BCUT2D eigenvalue weighted by atomic mass is 35.5. The summed E-state index contributed by atoms with van der Waals surface area (Å²) in [5.41, 5.74) is 5.47. The number of halogens is 1. The maximum atomic E-state index is 5.76. The lowest BCUT2D eigenvalue weighted by molar-refractivity contribution is 0.745. The van der Waals surface area contributed by atoms with E-state index in [1.54, 1.807) is 6.20 Å². The molecule has 1 rings (SSSR count). The molecule has 0 atom stereocenters. The van der Waals surface area contributed by atoms with Crippen molar-refractivity contribution in [1.82, 2.24) is 4.98 Å². The van der Waals surface area contributed by atoms with Crippen LogP contribution in [-0.4, -0.2) is 24.6 Å². The summed E-state index contributed by atoms with van der Waals surface area (Å²) < 4.78 is 0. The summed E-state index contributed by atoms with van der Waals surface area (Å²) in [5, 5.41) is 0.670. The fourth-order valence-corrected chi connectivity index (χ4v) is 1.38. The van der Waals surface area contributed by atoms with E-state index in [1.807, 2.05) is 12.1 Å². The highest BCUT2D eigenvalue weighted by Crippen LogP contribution is 2.13. The van der Waals surface area contributed by atoms with Gasteiger partial charge in [0.1, 0.15) is 5.82 Å². The molecule has 78 valence electrons. The molecule has 0 saturated carbocycles. The first-order valence-corrected chi connectivity index (χ1v) is 5.22. The lowest BCUT2D eigenvalue weighted by Crippen LogP contribution is -2.26. The van der Waals surface area contributed by atoms with Gasteiger partial charge >= 0.3 is 0 Å². The van der Waals surface area contributed by atoms with Crippen LogP contribution in [-0.2, 0) is 0 Å². The maximum Gasteiger partial charge on any atom is 0.128 e. The molecular formula is C10H16ClN3. The molecule has 0 aliphatic rings. The first-order valence-electron chi connectivity index (χ1n) is 4.84. The fourth-order valence-electron chi connectivity index (χ4n) is 1.27. The van der Waals surface area contributed by atoms with Gasteiger partial charge < -0.3 is 10.6 Å². The summed E-state index contributed by atoms with van der Waals surface area (Å²) >= 11 is 5.76. The van der Waals surface area contributed by atoms with Crippen molar-refractivity contribution in [3.05, 3.63) is 23.4 Å². The molecule has 1 aromatic heterocycles. The lowest BCUT2D eigenvalue weighted by Gasteiger charge is -2.21. The van der Waals surface area contributed by atoms with Crippen LogP contribution in [0.5, 0.6) is 0 Å². The molecule has 1 aromatic rings. The summed E-state index contributed by atoms with van der Waals surface area (Å²) in [6, 6.07) is 3.79. The predicted molar refractivity (Wildman–Crippen MR) is 60.8 cm³/mol. The van der Waals surface area contributed by atoms with Gasteiger partial charge in [0, 0.05) is 19.3 Å². The van der Waals surface area contributed by atoms with E-state index >= 15 is 0 Å². The molecule has 0 radical (unpaired) electrons. The predicted octanol–water partition coefficient (Wildman–Crippen LogP) is 1.91. The van der Waals surface area contributed by atoms with Crippen LogP contribution >= 0.6 is 11.6 Å². The van der Waals surface area contributed by atoms with E-state index in [2.05, 4.69) is 16.8 Å². The summed E-state index contributed by atoms with van der Waals surface area (Å²) in [6.07, 6.45) is 2.65. The van der Waals surface area contributed by atoms with Crippen molar-refractivity contribution in [2.24, 2.45) is 5.73 Å². The Morgan fingerprint density at radius 3 is 2.79 bits per heavy atom. The van der Waals surface area contributed by atoms with Crippen LogP contribution in [0, 0.1) is 0 Å². The molecular weight excluding hydrogens is 198 g/mol. The molecule has 0 aromatic carbocycles. The zero-order valence-corrected chi connectivity index (χ0v) is 9.17. The van der Waals surface area contributed by atoms with Gasteiger partial charge in [-0.15, -0.1) is 0 Å². The van der Waals surface area contributed by atoms with Crippen molar-refractivity contribution in [3.63, 3.8) is 0 Å². The molecule has 4 heteroatoms. The molecule has 0 aliphatic carbocycles. The number of nitrogens with zero attached hydrogens (tertiary/aromatic N) is 2. The van der Waals surface area contributed by atoms with Gasteiger partial charge in [-0.3, -0.25) is 0 Å². The second kappa shape index (κ2) is 5.83. The average Bonchev–Trinajstić information content (AvgIpc) is 2.21. The van der Waals surface area contributed by atoms with Crippen molar-refractivity contribution in [1.29, 1.82) is 0 Å². The van der Waals surface area contributed by atoms with E-state index in [9.17, 15) is 0 Å². The van der Waals surface area contributed by atoms with E-state index in [-0.39, 0.29) is 0 Å². The van der Waals surface area contributed by atoms with E-state index in [4.69, 9.17) is 17.3 Å². The van der Waals surface area contributed by atoms with Crippen LogP contribution in [0.25, 0.3) is 0 Å². The fraction of sp³-hybridized carbons (Fsp3) is 0.500. The Labute approximate surface area is 89.9 Å². The van der Waals surface area contributed by atoms with Crippen molar-refractivity contribution >= 4 is 17.4 Å². The minimum Gasteiger partial charge on any atom is -0.357 e. The minimum absolute atomic E-state index is 0.670. The first-order chi connectivity index (χ1) is 6.77. The normalized spacial score (nSPS) is 10.2. The number of hydrogen-bond acceptors (Lipinski definition) is 3. The summed E-state index contributed by atoms with van der Waals surface area (Å²) in [4.78, 5) is 6.44. The molecule has 0 bridgehead atoms. The van der Waals surface area contributed by atoms with Crippen molar-refractivity contribution in [2.75, 3.05) is 24.5 Å². The van der Waals surface area contributed by atoms with Gasteiger partial charge in [0.05, 0.1) is 5.02 Å². The maximum absolute atomic E-state index is 5.76.